The summed E-state index contributed by atoms with van der Waals surface area (Å²) in [5.41, 5.74) is 9.44. The van der Waals surface area contributed by atoms with Gasteiger partial charge in [-0.2, -0.15) is 0 Å². The van der Waals surface area contributed by atoms with E-state index < -0.39 is 0 Å². The van der Waals surface area contributed by atoms with Gasteiger partial charge in [0.15, 0.2) is 0 Å². The first-order valence-electron chi connectivity index (χ1n) is 8.98. The van der Waals surface area contributed by atoms with Crippen molar-refractivity contribution < 1.29 is 0 Å². The normalized spacial score (nSPS) is 35.7. The van der Waals surface area contributed by atoms with Crippen molar-refractivity contribution in [1.29, 1.82) is 0 Å². The number of hydrogen-bond donors (Lipinski definition) is 2. The minimum Gasteiger partial charge on any atom is -0.328 e. The maximum absolute atomic E-state index is 6.20. The number of fused-ring (bicyclic) bond motifs is 2. The molecular formula is C19H29ClN2. The van der Waals surface area contributed by atoms with Gasteiger partial charge in [-0.3, -0.25) is 0 Å². The molecule has 0 bridgehead atoms. The fourth-order valence-electron chi connectivity index (χ4n) is 4.39. The number of nitrogens with two attached hydrogens (primary N) is 1. The van der Waals surface area contributed by atoms with Gasteiger partial charge in [-0.15, -0.1) is 0 Å². The molecule has 0 heterocycles. The van der Waals surface area contributed by atoms with Crippen LogP contribution in [0, 0.1) is 0 Å². The van der Waals surface area contributed by atoms with E-state index in [0.29, 0.717) is 23.5 Å². The van der Waals surface area contributed by atoms with Crippen molar-refractivity contribution in [3.63, 3.8) is 0 Å². The van der Waals surface area contributed by atoms with Crippen molar-refractivity contribution in [3.8, 4) is 0 Å². The molecule has 122 valence electrons. The Morgan fingerprint density at radius 1 is 1.18 bits per heavy atom. The van der Waals surface area contributed by atoms with Crippen molar-refractivity contribution in [3.05, 3.63) is 34.3 Å². The molecule has 2 fully saturated rings. The van der Waals surface area contributed by atoms with E-state index in [0.717, 1.165) is 5.02 Å². The molecule has 0 saturated heterocycles. The van der Waals surface area contributed by atoms with E-state index in [2.05, 4.69) is 17.4 Å². The number of halogens is 1. The highest BCUT2D eigenvalue weighted by atomic mass is 35.5. The third-order valence-corrected chi connectivity index (χ3v) is 5.97. The lowest BCUT2D eigenvalue weighted by molar-refractivity contribution is 0.333. The molecule has 2 saturated carbocycles. The highest BCUT2D eigenvalue weighted by Crippen LogP contribution is 2.57. The first-order valence-corrected chi connectivity index (χ1v) is 9.36. The molecule has 3 aliphatic carbocycles. The fraction of sp³-hybridized carbons (Fsp3) is 0.684. The first kappa shape index (κ1) is 16.3. The molecule has 3 N–H and O–H groups in total. The molecule has 2 unspecified atom stereocenters. The van der Waals surface area contributed by atoms with Crippen LogP contribution in [0.3, 0.4) is 0 Å². The minimum atomic E-state index is 0.403. The molecule has 4 rings (SSSR count). The van der Waals surface area contributed by atoms with Gasteiger partial charge in [0, 0.05) is 28.6 Å². The van der Waals surface area contributed by atoms with Crippen LogP contribution in [0.1, 0.15) is 63.5 Å². The Hall–Kier alpha value is -0.570. The number of rotatable bonds is 2. The summed E-state index contributed by atoms with van der Waals surface area (Å²) in [7, 11) is 0. The molecule has 2 nitrogen and oxygen atoms in total. The van der Waals surface area contributed by atoms with E-state index in [1.807, 2.05) is 19.9 Å². The minimum absolute atomic E-state index is 0.403. The molecule has 1 aromatic rings. The Bertz CT molecular complexity index is 522. The Balaban J connectivity index is 0.000000693. The zero-order chi connectivity index (χ0) is 15.7. The molecule has 3 aliphatic rings. The summed E-state index contributed by atoms with van der Waals surface area (Å²) in [6.07, 6.45) is 8.67. The maximum Gasteiger partial charge on any atom is 0.0409 e. The summed E-state index contributed by atoms with van der Waals surface area (Å²) in [5.74, 6) is 0. The number of hydrogen-bond acceptors (Lipinski definition) is 2. The van der Waals surface area contributed by atoms with Gasteiger partial charge in [0.1, 0.15) is 0 Å². The van der Waals surface area contributed by atoms with Gasteiger partial charge in [-0.1, -0.05) is 31.5 Å². The summed E-state index contributed by atoms with van der Waals surface area (Å²) in [6, 6.07) is 8.26. The summed E-state index contributed by atoms with van der Waals surface area (Å²) in [5, 5.41) is 4.80. The van der Waals surface area contributed by atoms with Gasteiger partial charge in [0.05, 0.1) is 0 Å². The Morgan fingerprint density at radius 2 is 1.91 bits per heavy atom. The summed E-state index contributed by atoms with van der Waals surface area (Å²) < 4.78 is 0. The van der Waals surface area contributed by atoms with Gasteiger partial charge in [-0.25, -0.2) is 0 Å². The average molecular weight is 321 g/mol. The molecule has 22 heavy (non-hydrogen) atoms. The number of benzene rings is 1. The molecule has 1 aromatic carbocycles. The van der Waals surface area contributed by atoms with Gasteiger partial charge < -0.3 is 11.1 Å². The predicted octanol–water partition coefficient (Wildman–Crippen LogP) is 4.18. The molecular weight excluding hydrogens is 292 g/mol. The number of aryl methyl sites for hydroxylation is 1. The lowest BCUT2D eigenvalue weighted by atomic mass is 9.91. The maximum atomic E-state index is 6.20. The lowest BCUT2D eigenvalue weighted by Gasteiger charge is -2.28. The Kier molecular flexibility index (Phi) is 4.82. The zero-order valence-electron chi connectivity index (χ0n) is 13.9. The highest BCUT2D eigenvalue weighted by Gasteiger charge is 2.58. The van der Waals surface area contributed by atoms with Crippen LogP contribution < -0.4 is 11.1 Å². The van der Waals surface area contributed by atoms with Crippen LogP contribution in [-0.4, -0.2) is 18.1 Å². The van der Waals surface area contributed by atoms with Crippen LogP contribution in [0.2, 0.25) is 5.02 Å². The smallest absolute Gasteiger partial charge is 0.0409 e. The Morgan fingerprint density at radius 3 is 2.64 bits per heavy atom. The van der Waals surface area contributed by atoms with Crippen molar-refractivity contribution in [2.75, 3.05) is 0 Å². The van der Waals surface area contributed by atoms with Crippen molar-refractivity contribution in [2.45, 2.75) is 82.3 Å². The van der Waals surface area contributed by atoms with Crippen molar-refractivity contribution in [1.82, 2.24) is 5.32 Å². The highest BCUT2D eigenvalue weighted by molar-refractivity contribution is 6.30. The Labute approximate surface area is 139 Å². The van der Waals surface area contributed by atoms with E-state index >= 15 is 0 Å². The van der Waals surface area contributed by atoms with Crippen LogP contribution in [-0.2, 0) is 11.8 Å². The van der Waals surface area contributed by atoms with Gasteiger partial charge in [-0.05, 0) is 68.2 Å². The third-order valence-electron chi connectivity index (χ3n) is 5.73. The molecule has 0 radical (unpaired) electrons. The van der Waals surface area contributed by atoms with E-state index in [-0.39, 0.29) is 0 Å². The summed E-state index contributed by atoms with van der Waals surface area (Å²) in [6.45, 7) is 4.00. The van der Waals surface area contributed by atoms with Crippen molar-refractivity contribution in [2.24, 2.45) is 5.73 Å². The van der Waals surface area contributed by atoms with E-state index in [1.165, 1.54) is 56.1 Å². The van der Waals surface area contributed by atoms with Gasteiger partial charge in [0.2, 0.25) is 0 Å². The monoisotopic (exact) mass is 320 g/mol. The third kappa shape index (κ3) is 2.93. The molecule has 1 spiro atoms. The van der Waals surface area contributed by atoms with E-state index in [4.69, 9.17) is 17.3 Å². The zero-order valence-corrected chi connectivity index (χ0v) is 14.6. The summed E-state index contributed by atoms with van der Waals surface area (Å²) >= 11 is 6.20. The number of nitrogens with one attached hydrogen (secondary N) is 1. The lowest BCUT2D eigenvalue weighted by Crippen LogP contribution is -2.40. The second-order valence-corrected chi connectivity index (χ2v) is 7.43. The fourth-order valence-corrected chi connectivity index (χ4v) is 4.56. The van der Waals surface area contributed by atoms with Gasteiger partial charge >= 0.3 is 0 Å². The second kappa shape index (κ2) is 6.51. The quantitative estimate of drug-likeness (QED) is 0.857. The standard InChI is InChI=1S/C17H23ClN2.C2H6/c18-12-2-1-11-7-8-17(15(11)9-12)10-16(17)20-14-5-3-13(19)4-6-14;1-2/h1-2,9,13-14,16,20H,3-8,10,19H2;1-2H3. The van der Waals surface area contributed by atoms with Crippen LogP contribution >= 0.6 is 11.6 Å². The second-order valence-electron chi connectivity index (χ2n) is 6.99. The molecule has 3 heteroatoms. The average Bonchev–Trinajstić information content (AvgIpc) is 3.12. The molecule has 0 amide bonds. The van der Waals surface area contributed by atoms with E-state index in [1.54, 1.807) is 0 Å². The molecule has 0 aliphatic heterocycles. The van der Waals surface area contributed by atoms with Crippen LogP contribution in [0.4, 0.5) is 0 Å². The predicted molar refractivity (Wildman–Crippen MR) is 94.6 cm³/mol. The summed E-state index contributed by atoms with van der Waals surface area (Å²) in [4.78, 5) is 0. The largest absolute Gasteiger partial charge is 0.328 e. The van der Waals surface area contributed by atoms with Gasteiger partial charge in [0.25, 0.3) is 0 Å². The topological polar surface area (TPSA) is 38.0 Å². The molecule has 2 atom stereocenters. The van der Waals surface area contributed by atoms with Crippen LogP contribution in [0.5, 0.6) is 0 Å². The SMILES string of the molecule is CC.NC1CCC(NC2CC23CCc2ccc(Cl)cc23)CC1. The van der Waals surface area contributed by atoms with Crippen LogP contribution in [0.25, 0.3) is 0 Å². The first-order chi connectivity index (χ1) is 10.7. The van der Waals surface area contributed by atoms with Crippen LogP contribution in [0.15, 0.2) is 18.2 Å². The molecule has 0 aromatic heterocycles. The van der Waals surface area contributed by atoms with Crippen molar-refractivity contribution >= 4 is 11.6 Å². The van der Waals surface area contributed by atoms with E-state index in [9.17, 15) is 0 Å².